The molecule has 148 valence electrons. The first-order valence-electron chi connectivity index (χ1n) is 8.73. The van der Waals surface area contributed by atoms with Crippen LogP contribution < -0.4 is 24.7 Å². The van der Waals surface area contributed by atoms with Gasteiger partial charge in [0, 0.05) is 22.7 Å². The van der Waals surface area contributed by atoms with Gasteiger partial charge in [0.2, 0.25) is 11.8 Å². The second kappa shape index (κ2) is 7.00. The summed E-state index contributed by atoms with van der Waals surface area (Å²) in [6.07, 6.45) is 0. The molecule has 3 N–H and O–H groups in total. The molecule has 1 aromatic carbocycles. The maximum atomic E-state index is 9.85. The van der Waals surface area contributed by atoms with Gasteiger partial charge in [-0.1, -0.05) is 20.8 Å². The van der Waals surface area contributed by atoms with Crippen molar-refractivity contribution in [2.75, 3.05) is 21.3 Å². The Kier molecular flexibility index (Phi) is 4.86. The maximum Gasteiger partial charge on any atom is 0.244 e. The molecule has 3 rings (SSSR count). The van der Waals surface area contributed by atoms with Crippen molar-refractivity contribution in [1.82, 2.24) is 10.2 Å². The van der Waals surface area contributed by atoms with E-state index < -0.39 is 5.92 Å². The van der Waals surface area contributed by atoms with Gasteiger partial charge in [-0.2, -0.15) is 5.26 Å². The summed E-state index contributed by atoms with van der Waals surface area (Å²) < 4.78 is 22.1. The van der Waals surface area contributed by atoms with Crippen molar-refractivity contribution in [3.8, 4) is 29.2 Å². The Morgan fingerprint density at radius 1 is 1.11 bits per heavy atom. The Labute approximate surface area is 163 Å². The molecule has 1 aromatic heterocycles. The van der Waals surface area contributed by atoms with Crippen molar-refractivity contribution in [1.29, 1.82) is 5.26 Å². The molecule has 0 saturated carbocycles. The van der Waals surface area contributed by atoms with E-state index in [9.17, 15) is 5.26 Å². The first-order chi connectivity index (χ1) is 13.3. The number of aromatic nitrogens is 2. The van der Waals surface area contributed by atoms with Crippen LogP contribution in [-0.2, 0) is 5.41 Å². The Bertz CT molecular complexity index is 979. The van der Waals surface area contributed by atoms with E-state index >= 15 is 0 Å². The van der Waals surface area contributed by atoms with E-state index in [-0.39, 0.29) is 16.9 Å². The fourth-order valence-corrected chi connectivity index (χ4v) is 3.41. The third-order valence-electron chi connectivity index (χ3n) is 4.74. The smallest absolute Gasteiger partial charge is 0.244 e. The van der Waals surface area contributed by atoms with Crippen molar-refractivity contribution < 1.29 is 18.9 Å². The zero-order valence-corrected chi connectivity index (χ0v) is 16.8. The Balaban J connectivity index is 2.35. The molecule has 1 unspecified atom stereocenters. The number of nitriles is 1. The largest absolute Gasteiger partial charge is 0.496 e. The van der Waals surface area contributed by atoms with Crippen LogP contribution in [0.4, 0.5) is 0 Å². The number of ether oxygens (including phenoxy) is 4. The van der Waals surface area contributed by atoms with E-state index in [1.54, 1.807) is 33.5 Å². The molecule has 0 fully saturated rings. The lowest BCUT2D eigenvalue weighted by Gasteiger charge is -2.28. The van der Waals surface area contributed by atoms with Gasteiger partial charge in [-0.25, -0.2) is 0 Å². The Hall–Kier alpha value is -3.34. The van der Waals surface area contributed by atoms with Crippen LogP contribution in [-0.4, -0.2) is 31.5 Å². The van der Waals surface area contributed by atoms with Crippen LogP contribution >= 0.6 is 0 Å². The normalized spacial score (nSPS) is 16.1. The van der Waals surface area contributed by atoms with Gasteiger partial charge in [0.05, 0.1) is 32.8 Å². The van der Waals surface area contributed by atoms with Gasteiger partial charge in [0.15, 0.2) is 11.5 Å². The number of methoxy groups -OCH3 is 3. The van der Waals surface area contributed by atoms with E-state index in [0.29, 0.717) is 28.7 Å². The standard InChI is InChI=1S/C20H24N4O4/c1-20(2,3)17-16-15(11(9-21)18(22)28-19(16)24-23-17)10-7-13(26-5)14(27-6)8-12(10)25-4/h7-8,15H,22H2,1-6H3,(H,23,24). The number of hydrogen-bond acceptors (Lipinski definition) is 7. The van der Waals surface area contributed by atoms with Gasteiger partial charge in [0.1, 0.15) is 17.4 Å². The Morgan fingerprint density at radius 2 is 1.71 bits per heavy atom. The van der Waals surface area contributed by atoms with Gasteiger partial charge in [-0.3, -0.25) is 5.10 Å². The highest BCUT2D eigenvalue weighted by Gasteiger charge is 2.39. The van der Waals surface area contributed by atoms with Crippen molar-refractivity contribution in [3.63, 3.8) is 0 Å². The lowest BCUT2D eigenvalue weighted by molar-refractivity contribution is 0.346. The molecule has 0 saturated heterocycles. The summed E-state index contributed by atoms with van der Waals surface area (Å²) in [5, 5.41) is 17.2. The van der Waals surface area contributed by atoms with E-state index in [2.05, 4.69) is 37.0 Å². The number of benzene rings is 1. The van der Waals surface area contributed by atoms with E-state index in [1.165, 1.54) is 0 Å². The number of fused-ring (bicyclic) bond motifs is 1. The van der Waals surface area contributed by atoms with Gasteiger partial charge in [0.25, 0.3) is 0 Å². The molecular formula is C20H24N4O4. The number of nitrogens with one attached hydrogen (secondary N) is 1. The summed E-state index contributed by atoms with van der Waals surface area (Å²) in [5.41, 5.74) is 8.38. The molecule has 0 spiro atoms. The predicted molar refractivity (Wildman–Crippen MR) is 103 cm³/mol. The minimum absolute atomic E-state index is 0.0174. The zero-order chi connectivity index (χ0) is 20.6. The number of H-pyrrole nitrogens is 1. The summed E-state index contributed by atoms with van der Waals surface area (Å²) in [4.78, 5) is 0. The summed E-state index contributed by atoms with van der Waals surface area (Å²) in [6.45, 7) is 6.16. The fraction of sp³-hybridized carbons (Fsp3) is 0.400. The van der Waals surface area contributed by atoms with Crippen molar-refractivity contribution in [3.05, 3.63) is 40.4 Å². The molecule has 8 heteroatoms. The summed E-state index contributed by atoms with van der Waals surface area (Å²) >= 11 is 0. The molecule has 1 aliphatic heterocycles. The van der Waals surface area contributed by atoms with Gasteiger partial charge >= 0.3 is 0 Å². The highest BCUT2D eigenvalue weighted by atomic mass is 16.5. The topological polar surface area (TPSA) is 115 Å². The lowest BCUT2D eigenvalue weighted by atomic mass is 9.78. The van der Waals surface area contributed by atoms with Crippen molar-refractivity contribution >= 4 is 0 Å². The minimum atomic E-state index is -0.531. The first kappa shape index (κ1) is 19.4. The summed E-state index contributed by atoms with van der Waals surface area (Å²) in [6, 6.07) is 5.71. The molecule has 2 aromatic rings. The summed E-state index contributed by atoms with van der Waals surface area (Å²) in [5.74, 6) is 1.41. The van der Waals surface area contributed by atoms with E-state index in [1.807, 2.05) is 0 Å². The number of rotatable bonds is 4. The van der Waals surface area contributed by atoms with Crippen LogP contribution in [0.15, 0.2) is 23.6 Å². The molecule has 1 atom stereocenters. The molecule has 0 aliphatic carbocycles. The van der Waals surface area contributed by atoms with Gasteiger partial charge < -0.3 is 24.7 Å². The van der Waals surface area contributed by atoms with Crippen molar-refractivity contribution in [2.45, 2.75) is 32.1 Å². The van der Waals surface area contributed by atoms with Crippen LogP contribution in [0.3, 0.4) is 0 Å². The first-order valence-corrected chi connectivity index (χ1v) is 8.73. The SMILES string of the molecule is COc1cc(OC)c(C2C(C#N)=C(N)Oc3n[nH]c(C(C)(C)C)c32)cc1OC. The van der Waals surface area contributed by atoms with E-state index in [4.69, 9.17) is 24.7 Å². The average molecular weight is 384 g/mol. The van der Waals surface area contributed by atoms with Crippen LogP contribution in [0.25, 0.3) is 0 Å². The number of nitrogens with two attached hydrogens (primary N) is 1. The number of allylic oxidation sites excluding steroid dienone is 1. The zero-order valence-electron chi connectivity index (χ0n) is 16.8. The predicted octanol–water partition coefficient (Wildman–Crippen LogP) is 2.95. The molecule has 2 heterocycles. The average Bonchev–Trinajstić information content (AvgIpc) is 3.09. The third-order valence-corrected chi connectivity index (χ3v) is 4.74. The lowest BCUT2D eigenvalue weighted by Crippen LogP contribution is -2.24. The van der Waals surface area contributed by atoms with Gasteiger partial charge in [-0.05, 0) is 6.07 Å². The van der Waals surface area contributed by atoms with Crippen LogP contribution in [0.5, 0.6) is 23.1 Å². The monoisotopic (exact) mass is 384 g/mol. The number of hydrogen-bond donors (Lipinski definition) is 2. The highest BCUT2D eigenvalue weighted by molar-refractivity contribution is 5.62. The fourth-order valence-electron chi connectivity index (χ4n) is 3.41. The third kappa shape index (κ3) is 2.99. The summed E-state index contributed by atoms with van der Waals surface area (Å²) in [7, 11) is 4.66. The molecule has 8 nitrogen and oxygen atoms in total. The molecule has 28 heavy (non-hydrogen) atoms. The number of aromatic amines is 1. The Morgan fingerprint density at radius 3 is 2.25 bits per heavy atom. The van der Waals surface area contributed by atoms with Crippen molar-refractivity contribution in [2.24, 2.45) is 5.73 Å². The molecule has 1 aliphatic rings. The van der Waals surface area contributed by atoms with Crippen LogP contribution in [0.2, 0.25) is 0 Å². The second-order valence-electron chi connectivity index (χ2n) is 7.44. The quantitative estimate of drug-likeness (QED) is 0.832. The maximum absolute atomic E-state index is 9.85. The van der Waals surface area contributed by atoms with E-state index in [0.717, 1.165) is 11.3 Å². The highest BCUT2D eigenvalue weighted by Crippen LogP contribution is 2.49. The molecule has 0 bridgehead atoms. The molecule has 0 radical (unpaired) electrons. The molecular weight excluding hydrogens is 360 g/mol. The van der Waals surface area contributed by atoms with Gasteiger partial charge in [-0.15, -0.1) is 5.10 Å². The minimum Gasteiger partial charge on any atom is -0.496 e. The van der Waals surface area contributed by atoms with Crippen LogP contribution in [0.1, 0.15) is 43.5 Å². The van der Waals surface area contributed by atoms with Crippen LogP contribution in [0, 0.1) is 11.3 Å². The molecule has 0 amide bonds. The number of nitrogens with zero attached hydrogens (tertiary/aromatic N) is 2. The second-order valence-corrected chi connectivity index (χ2v) is 7.44.